The molecule has 1 aliphatic heterocycles. The topological polar surface area (TPSA) is 80.2 Å². The average molecular weight is 761 g/mol. The molecule has 10 heteroatoms. The molecule has 0 unspecified atom stereocenters. The third-order valence-corrected chi connectivity index (χ3v) is 8.89. The monoisotopic (exact) mass is 758 g/mol. The van der Waals surface area contributed by atoms with Crippen LogP contribution in [-0.4, -0.2) is 42.2 Å². The molecule has 0 aromatic heterocycles. The number of aliphatic hydroxyl groups excluding tert-OH is 1. The van der Waals surface area contributed by atoms with Gasteiger partial charge in [0.2, 0.25) is 5.90 Å². The van der Waals surface area contributed by atoms with Crippen molar-refractivity contribution >= 4 is 66.9 Å². The van der Waals surface area contributed by atoms with Crippen LogP contribution >= 0.6 is 55.1 Å². The van der Waals surface area contributed by atoms with Gasteiger partial charge in [0.05, 0.1) is 6.61 Å². The van der Waals surface area contributed by atoms with Crippen molar-refractivity contribution in [3.05, 3.63) is 132 Å². The second-order valence-corrected chi connectivity index (χ2v) is 13.1. The lowest BCUT2D eigenvalue weighted by Crippen LogP contribution is -2.50. The number of nitrogens with zero attached hydrogens (tertiary/aromatic N) is 1. The van der Waals surface area contributed by atoms with Crippen molar-refractivity contribution in [2.45, 2.75) is 30.9 Å². The Morgan fingerprint density at radius 3 is 2.23 bits per heavy atom. The van der Waals surface area contributed by atoms with E-state index >= 15 is 0 Å². The van der Waals surface area contributed by atoms with E-state index in [4.69, 9.17) is 42.8 Å². The maximum Gasteiger partial charge on any atom is 0.252 e. The summed E-state index contributed by atoms with van der Waals surface area (Å²) in [6.45, 7) is 0.874. The van der Waals surface area contributed by atoms with Crippen LogP contribution in [0.5, 0.6) is 5.75 Å². The molecule has 2 N–H and O–H groups in total. The van der Waals surface area contributed by atoms with Crippen LogP contribution in [-0.2, 0) is 22.4 Å². The summed E-state index contributed by atoms with van der Waals surface area (Å²) in [4.78, 5) is 19.5. The predicted molar refractivity (Wildman–Crippen MR) is 182 cm³/mol. The van der Waals surface area contributed by atoms with Gasteiger partial charge in [0, 0.05) is 56.1 Å². The van der Waals surface area contributed by atoms with E-state index in [1.165, 1.54) is 0 Å². The van der Waals surface area contributed by atoms with Crippen molar-refractivity contribution in [1.29, 1.82) is 0 Å². The molecule has 0 aliphatic carbocycles. The maximum atomic E-state index is 14.4. The Bertz CT molecular complexity index is 1620. The number of carbonyl (C=O) groups excluding carboxylic acids is 1. The molecule has 5 rings (SSSR count). The average Bonchev–Trinajstić information content (AvgIpc) is 3.40. The smallest absolute Gasteiger partial charge is 0.252 e. The zero-order valence-corrected chi connectivity index (χ0v) is 28.3. The van der Waals surface area contributed by atoms with Crippen molar-refractivity contribution in [2.75, 3.05) is 19.8 Å². The number of rotatable bonds is 12. The number of benzene rings is 4. The quantitative estimate of drug-likeness (QED) is 0.143. The van der Waals surface area contributed by atoms with Crippen molar-refractivity contribution in [3.63, 3.8) is 0 Å². The first kappa shape index (κ1) is 32.5. The van der Waals surface area contributed by atoms with Crippen LogP contribution in [0.25, 0.3) is 0 Å². The van der Waals surface area contributed by atoms with E-state index in [9.17, 15) is 4.79 Å². The Hall–Kier alpha value is -2.88. The molecular weight excluding hydrogens is 731 g/mol. The Kier molecular flexibility index (Phi) is 11.0. The minimum absolute atomic E-state index is 0.0586. The van der Waals surface area contributed by atoms with Gasteiger partial charge in [-0.05, 0) is 78.2 Å². The molecule has 0 bridgehead atoms. The van der Waals surface area contributed by atoms with E-state index in [0.29, 0.717) is 58.8 Å². The first-order chi connectivity index (χ1) is 21.3. The normalized spacial score (nSPS) is 17.6. The summed E-state index contributed by atoms with van der Waals surface area (Å²) >= 11 is 20.0. The first-order valence-corrected chi connectivity index (χ1v) is 16.4. The van der Waals surface area contributed by atoms with Gasteiger partial charge < -0.3 is 19.9 Å². The molecule has 1 aliphatic rings. The fourth-order valence-corrected chi connectivity index (χ4v) is 6.05. The predicted octanol–water partition coefficient (Wildman–Crippen LogP) is 8.14. The summed E-state index contributed by atoms with van der Waals surface area (Å²) in [6.07, 6.45) is 0.616. The summed E-state index contributed by atoms with van der Waals surface area (Å²) in [5.74, 6) is 0.709. The number of amides is 1. The number of carbonyl (C=O) groups is 1. The van der Waals surface area contributed by atoms with Crippen LogP contribution in [0, 0.1) is 0 Å². The van der Waals surface area contributed by atoms with E-state index < -0.39 is 11.6 Å². The second kappa shape index (κ2) is 14.9. The largest absolute Gasteiger partial charge is 0.494 e. The number of nitrogens with one attached hydrogen (secondary N) is 1. The van der Waals surface area contributed by atoms with Gasteiger partial charge in [-0.3, -0.25) is 4.79 Å². The van der Waals surface area contributed by atoms with Gasteiger partial charge in [-0.2, -0.15) is 0 Å². The van der Waals surface area contributed by atoms with Gasteiger partial charge in [-0.1, -0.05) is 85.4 Å². The third-order valence-electron chi connectivity index (χ3n) is 7.27. The fraction of sp³-hybridized carbons (Fsp3) is 0.235. The Morgan fingerprint density at radius 2 is 1.59 bits per heavy atom. The lowest BCUT2D eigenvalue weighted by atomic mass is 9.82. The number of aliphatic hydroxyl groups is 1. The molecule has 1 heterocycles. The van der Waals surface area contributed by atoms with Crippen LogP contribution < -0.4 is 10.1 Å². The molecule has 0 saturated heterocycles. The van der Waals surface area contributed by atoms with Crippen LogP contribution in [0.3, 0.4) is 0 Å². The zero-order valence-electron chi connectivity index (χ0n) is 23.6. The van der Waals surface area contributed by atoms with Crippen LogP contribution in [0.4, 0.5) is 0 Å². The molecular formula is C34H30Br2Cl2N2O4. The number of halogens is 4. The minimum atomic E-state index is -1.38. The van der Waals surface area contributed by atoms with Gasteiger partial charge in [0.1, 0.15) is 5.75 Å². The minimum Gasteiger partial charge on any atom is -0.494 e. The van der Waals surface area contributed by atoms with Crippen molar-refractivity contribution in [1.82, 2.24) is 5.32 Å². The highest BCUT2D eigenvalue weighted by atomic mass is 79.9. The molecule has 6 nitrogen and oxygen atoms in total. The van der Waals surface area contributed by atoms with Gasteiger partial charge in [0.15, 0.2) is 11.6 Å². The highest BCUT2D eigenvalue weighted by Crippen LogP contribution is 2.45. The van der Waals surface area contributed by atoms with Crippen LogP contribution in [0.1, 0.15) is 34.8 Å². The van der Waals surface area contributed by atoms with Gasteiger partial charge in [-0.25, -0.2) is 4.99 Å². The molecule has 0 radical (unpaired) electrons. The summed E-state index contributed by atoms with van der Waals surface area (Å²) in [5.41, 5.74) is 1.93. The van der Waals surface area contributed by atoms with Gasteiger partial charge in [-0.15, -0.1) is 0 Å². The number of ether oxygens (including phenoxy) is 2. The lowest BCUT2D eigenvalue weighted by molar-refractivity contribution is -0.128. The fourth-order valence-electron chi connectivity index (χ4n) is 5.01. The number of hydrogen-bond acceptors (Lipinski definition) is 5. The highest BCUT2D eigenvalue weighted by Gasteiger charge is 2.53. The summed E-state index contributed by atoms with van der Waals surface area (Å²) in [5, 5.41) is 13.1. The van der Waals surface area contributed by atoms with E-state index in [-0.39, 0.29) is 18.9 Å². The standard InChI is InChI=1S/C34H30Br2Cl2N2O4/c35-25-8-2-22(3-9-25)16-17-39-33(42)34(21-23-4-10-26(36)11-5-23)31(29-15-12-27(37)20-30(29)38)44-32(40-34)24-6-13-28(14-7-24)43-19-1-18-41/h2-15,20,31,41H,1,16-19,21H2,(H,39,42)/t31-,34-/m1/s1. The molecule has 1 amide bonds. The van der Waals surface area contributed by atoms with Gasteiger partial charge >= 0.3 is 0 Å². The van der Waals surface area contributed by atoms with E-state index in [2.05, 4.69) is 37.2 Å². The van der Waals surface area contributed by atoms with E-state index in [0.717, 1.165) is 20.1 Å². The number of aliphatic imine (C=N–C) groups is 1. The van der Waals surface area contributed by atoms with Crippen molar-refractivity contribution in [2.24, 2.45) is 4.99 Å². The molecule has 4 aromatic rings. The van der Waals surface area contributed by atoms with E-state index in [1.54, 1.807) is 18.2 Å². The molecule has 4 aromatic carbocycles. The first-order valence-electron chi connectivity index (χ1n) is 14.1. The summed E-state index contributed by atoms with van der Waals surface area (Å²) in [6, 6.07) is 28.3. The van der Waals surface area contributed by atoms with Crippen LogP contribution in [0.15, 0.2) is 105 Å². The molecule has 228 valence electrons. The van der Waals surface area contributed by atoms with Crippen molar-refractivity contribution < 1.29 is 19.4 Å². The Labute approximate surface area is 283 Å². The summed E-state index contributed by atoms with van der Waals surface area (Å²) < 4.78 is 14.2. The highest BCUT2D eigenvalue weighted by molar-refractivity contribution is 9.10. The summed E-state index contributed by atoms with van der Waals surface area (Å²) in [7, 11) is 0. The molecule has 44 heavy (non-hydrogen) atoms. The Balaban J connectivity index is 1.53. The van der Waals surface area contributed by atoms with Crippen LogP contribution in [0.2, 0.25) is 10.0 Å². The molecule has 0 saturated carbocycles. The van der Waals surface area contributed by atoms with Gasteiger partial charge in [0.25, 0.3) is 5.91 Å². The third kappa shape index (κ3) is 7.85. The molecule has 0 spiro atoms. The Morgan fingerprint density at radius 1 is 0.932 bits per heavy atom. The molecule has 2 atom stereocenters. The van der Waals surface area contributed by atoms with Crippen molar-refractivity contribution in [3.8, 4) is 5.75 Å². The SMILES string of the molecule is O=C(NCCc1ccc(Br)cc1)[C@]1(Cc2ccc(Br)cc2)N=C(c2ccc(OCCCO)cc2)O[C@@H]1c1ccc(Cl)cc1Cl. The second-order valence-electron chi connectivity index (χ2n) is 10.4. The maximum absolute atomic E-state index is 14.4. The molecule has 0 fully saturated rings. The lowest BCUT2D eigenvalue weighted by Gasteiger charge is -2.31. The van der Waals surface area contributed by atoms with E-state index in [1.807, 2.05) is 72.8 Å². The number of hydrogen-bond donors (Lipinski definition) is 2. The zero-order chi connectivity index (χ0) is 31.1.